The van der Waals surface area contributed by atoms with Crippen LogP contribution in [0.5, 0.6) is 0 Å². The highest BCUT2D eigenvalue weighted by molar-refractivity contribution is 7.81. The molecule has 248 valence electrons. The van der Waals surface area contributed by atoms with Crippen LogP contribution in [-0.2, 0) is 86.8 Å². The van der Waals surface area contributed by atoms with Crippen LogP contribution < -0.4 is 0 Å². The predicted octanol–water partition coefficient (Wildman–Crippen LogP) is -4.69. The number of hydrogen-bond donors (Lipinski definition) is 6. The van der Waals surface area contributed by atoms with Gasteiger partial charge in [-0.1, -0.05) is 0 Å². The lowest BCUT2D eigenvalue weighted by atomic mass is 9.96. The van der Waals surface area contributed by atoms with Crippen LogP contribution in [-0.4, -0.2) is 150 Å². The van der Waals surface area contributed by atoms with Crippen molar-refractivity contribution in [3.05, 3.63) is 0 Å². The summed E-state index contributed by atoms with van der Waals surface area (Å²) in [6.45, 7) is -1.29. The summed E-state index contributed by atoms with van der Waals surface area (Å²) in [4.78, 5) is 11.9. The molecule has 0 aromatic rings. The van der Waals surface area contributed by atoms with Gasteiger partial charge in [-0.25, -0.2) is 21.5 Å². The van der Waals surface area contributed by atoms with Gasteiger partial charge in [-0.3, -0.25) is 18.2 Å². The number of rotatable bonds is 14. The number of hydrogen-bond acceptors (Lipinski definition) is 19. The molecule has 6 N–H and O–H groups in total. The van der Waals surface area contributed by atoms with E-state index in [-0.39, 0.29) is 0 Å². The van der Waals surface area contributed by atoms with Crippen molar-refractivity contribution in [1.29, 1.82) is 0 Å². The number of carboxylic acids is 1. The van der Waals surface area contributed by atoms with Gasteiger partial charge in [0.25, 0.3) is 0 Å². The fourth-order valence-electron chi connectivity index (χ4n) is 3.89. The molecule has 2 fully saturated rings. The third kappa shape index (κ3) is 10.7. The van der Waals surface area contributed by atoms with Crippen molar-refractivity contribution in [2.45, 2.75) is 61.4 Å². The molecular formula is C14H24O24S4. The smallest absolute Gasteiger partial charge is 0.397 e. The lowest BCUT2D eigenvalue weighted by Crippen LogP contribution is -2.67. The Balaban J connectivity index is 2.64. The first kappa shape index (κ1) is 36.9. The van der Waals surface area contributed by atoms with E-state index in [4.69, 9.17) is 37.3 Å². The molecule has 2 aliphatic heterocycles. The Morgan fingerprint density at radius 3 is 1.55 bits per heavy atom. The van der Waals surface area contributed by atoms with E-state index in [2.05, 4.69) is 16.7 Å². The third-order valence-corrected chi connectivity index (χ3v) is 7.09. The van der Waals surface area contributed by atoms with Crippen LogP contribution in [0.3, 0.4) is 0 Å². The van der Waals surface area contributed by atoms with Crippen LogP contribution in [0.25, 0.3) is 0 Å². The Bertz CT molecular complexity index is 1370. The van der Waals surface area contributed by atoms with Gasteiger partial charge < -0.3 is 33.9 Å². The lowest BCUT2D eigenvalue weighted by Gasteiger charge is -2.47. The van der Waals surface area contributed by atoms with Gasteiger partial charge in [-0.05, 0) is 0 Å². The summed E-state index contributed by atoms with van der Waals surface area (Å²) in [5.41, 5.74) is 0. The average Bonchev–Trinajstić information content (AvgIpc) is 2.78. The fraction of sp³-hybridized carbons (Fsp3) is 0.929. The Kier molecular flexibility index (Phi) is 12.1. The maximum absolute atomic E-state index is 11.9. The second-order valence-electron chi connectivity index (χ2n) is 8.01. The summed E-state index contributed by atoms with van der Waals surface area (Å²) in [6.07, 6.45) is -23.0. The molecule has 0 spiro atoms. The number of aliphatic hydroxyl groups is 1. The first-order chi connectivity index (χ1) is 19.0. The number of methoxy groups -OCH3 is 2. The summed E-state index contributed by atoms with van der Waals surface area (Å²) in [5, 5.41) is 19.8. The molecule has 0 saturated carbocycles. The van der Waals surface area contributed by atoms with E-state index in [0.717, 1.165) is 14.2 Å². The number of aliphatic hydroxyl groups excluding tert-OH is 1. The lowest BCUT2D eigenvalue weighted by molar-refractivity contribution is -0.347. The molecule has 0 radical (unpaired) electrons. The Hall–Kier alpha value is -1.29. The van der Waals surface area contributed by atoms with E-state index in [1.54, 1.807) is 0 Å². The third-order valence-electron chi connectivity index (χ3n) is 5.26. The molecule has 1 unspecified atom stereocenters. The van der Waals surface area contributed by atoms with Crippen LogP contribution in [0.2, 0.25) is 0 Å². The second kappa shape index (κ2) is 13.8. The van der Waals surface area contributed by atoms with Crippen LogP contribution >= 0.6 is 0 Å². The van der Waals surface area contributed by atoms with Crippen molar-refractivity contribution in [3.63, 3.8) is 0 Å². The van der Waals surface area contributed by atoms with Crippen molar-refractivity contribution >= 4 is 47.6 Å². The molecule has 0 aliphatic carbocycles. The van der Waals surface area contributed by atoms with Gasteiger partial charge in [0.15, 0.2) is 30.9 Å². The van der Waals surface area contributed by atoms with Gasteiger partial charge in [0.2, 0.25) is 0 Å². The molecule has 2 heterocycles. The molecule has 0 bridgehead atoms. The zero-order chi connectivity index (χ0) is 32.4. The van der Waals surface area contributed by atoms with Crippen LogP contribution in [0.4, 0.5) is 0 Å². The van der Waals surface area contributed by atoms with Gasteiger partial charge in [-0.2, -0.15) is 33.7 Å². The zero-order valence-electron chi connectivity index (χ0n) is 20.6. The first-order valence-corrected chi connectivity index (χ1v) is 15.9. The molecule has 2 saturated heterocycles. The SMILES string of the molecule is CO[C@@H]1[C@@H](OS(=O)(=O)O)[C@H](OC2[C@@H](OC)[C@@H](OS(=O)(=O)O)[C@@H](O)O[C@@H]2COS(=O)(=O)O)O[C@@H](C(=O)O)[C@H]1OS(=O)(=O)O. The van der Waals surface area contributed by atoms with Gasteiger partial charge in [0, 0.05) is 14.2 Å². The largest absolute Gasteiger partial charge is 0.479 e. The average molecular weight is 705 g/mol. The van der Waals surface area contributed by atoms with Gasteiger partial charge in [0.05, 0.1) is 6.61 Å². The van der Waals surface area contributed by atoms with Crippen molar-refractivity contribution in [2.75, 3.05) is 20.8 Å². The Morgan fingerprint density at radius 2 is 1.12 bits per heavy atom. The molecule has 2 aliphatic rings. The van der Waals surface area contributed by atoms with Crippen molar-refractivity contribution in [1.82, 2.24) is 0 Å². The van der Waals surface area contributed by atoms with E-state index in [0.29, 0.717) is 0 Å². The van der Waals surface area contributed by atoms with Gasteiger partial charge >= 0.3 is 47.6 Å². The van der Waals surface area contributed by atoms with E-state index >= 15 is 0 Å². The quantitative estimate of drug-likeness (QED) is 0.0925. The summed E-state index contributed by atoms with van der Waals surface area (Å²) < 4.78 is 170. The molecule has 42 heavy (non-hydrogen) atoms. The fourth-order valence-corrected chi connectivity index (χ4v) is 5.65. The van der Waals surface area contributed by atoms with Gasteiger partial charge in [-0.15, -0.1) is 0 Å². The van der Waals surface area contributed by atoms with Crippen LogP contribution in [0, 0.1) is 0 Å². The molecule has 0 aromatic heterocycles. The maximum Gasteiger partial charge on any atom is 0.397 e. The maximum atomic E-state index is 11.9. The summed E-state index contributed by atoms with van der Waals surface area (Å²) in [7, 11) is -20.2. The molecule has 10 atom stereocenters. The molecule has 0 amide bonds. The van der Waals surface area contributed by atoms with Gasteiger partial charge in [0.1, 0.15) is 30.5 Å². The molecule has 24 nitrogen and oxygen atoms in total. The molecular weight excluding hydrogens is 680 g/mol. The minimum atomic E-state index is -5.58. The highest BCUT2D eigenvalue weighted by Crippen LogP contribution is 2.35. The van der Waals surface area contributed by atoms with E-state index < -0.39 is 116 Å². The Labute approximate surface area is 237 Å². The summed E-state index contributed by atoms with van der Waals surface area (Å²) in [5.74, 6) is -2.05. The monoisotopic (exact) mass is 704 g/mol. The highest BCUT2D eigenvalue weighted by Gasteiger charge is 2.57. The van der Waals surface area contributed by atoms with Crippen molar-refractivity contribution in [3.8, 4) is 0 Å². The normalized spacial score (nSPS) is 35.1. The van der Waals surface area contributed by atoms with E-state index in [9.17, 15) is 53.2 Å². The number of aliphatic carboxylic acids is 1. The Morgan fingerprint density at radius 1 is 0.667 bits per heavy atom. The minimum Gasteiger partial charge on any atom is -0.479 e. The van der Waals surface area contributed by atoms with Crippen molar-refractivity contribution < 1.29 is 107 Å². The summed E-state index contributed by atoms with van der Waals surface area (Å²) in [6, 6.07) is 0. The first-order valence-electron chi connectivity index (χ1n) is 10.5. The highest BCUT2D eigenvalue weighted by atomic mass is 32.3. The number of ether oxygens (including phenoxy) is 5. The van der Waals surface area contributed by atoms with Crippen LogP contribution in [0.15, 0.2) is 0 Å². The standard InChI is InChI=1S/C14H24O24S4/c1-30-6-5(4(3-32-39(18,19)20)33-13(17)10(6)37-41(24,25)26)34-14-11(38-42(27,28)29)7(31-2)8(36-40(21,22)23)9(35-14)12(15)16/h4-11,13-14,17H,3H2,1-2H3,(H,15,16)(H,18,19,20)(H,21,22,23)(H,24,25,26)(H,27,28,29)/t4-,5?,6-,7+,8+,9-,10-,11-,13+,14-/m1/s1. The molecule has 0 aromatic carbocycles. The minimum absolute atomic E-state index is 0.726. The number of carbonyl (C=O) groups is 1. The number of carboxylic acid groups (broad SMARTS) is 1. The second-order valence-corrected chi connectivity index (χ2v) is 12.2. The zero-order valence-corrected chi connectivity index (χ0v) is 23.9. The predicted molar refractivity (Wildman–Crippen MR) is 120 cm³/mol. The van der Waals surface area contributed by atoms with E-state index in [1.807, 2.05) is 0 Å². The molecule has 28 heteroatoms. The topological polar surface area (TPSA) is 358 Å². The summed E-state index contributed by atoms with van der Waals surface area (Å²) >= 11 is 0. The molecule has 2 rings (SSSR count). The van der Waals surface area contributed by atoms with Crippen molar-refractivity contribution in [2.24, 2.45) is 0 Å². The van der Waals surface area contributed by atoms with Crippen LogP contribution in [0.1, 0.15) is 0 Å². The van der Waals surface area contributed by atoms with E-state index in [1.165, 1.54) is 0 Å².